The average molecular weight is 369 g/mol. The zero-order valence-corrected chi connectivity index (χ0v) is 15.4. The lowest BCUT2D eigenvalue weighted by molar-refractivity contribution is 0.0601. The molecule has 26 heavy (non-hydrogen) atoms. The van der Waals surface area contributed by atoms with Crippen molar-refractivity contribution in [1.82, 2.24) is 3.97 Å². The van der Waals surface area contributed by atoms with Gasteiger partial charge in [-0.05, 0) is 36.8 Å². The summed E-state index contributed by atoms with van der Waals surface area (Å²) in [6.07, 6.45) is 2.92. The first kappa shape index (κ1) is 17.9. The van der Waals surface area contributed by atoms with Gasteiger partial charge in [0.05, 0.1) is 18.2 Å². The summed E-state index contributed by atoms with van der Waals surface area (Å²) >= 11 is 0. The topological polar surface area (TPSA) is 65.4 Å². The molecule has 6 heteroatoms. The van der Waals surface area contributed by atoms with Gasteiger partial charge in [0.15, 0.2) is 0 Å². The minimum atomic E-state index is -3.76. The smallest absolute Gasteiger partial charge is 0.337 e. The monoisotopic (exact) mass is 369 g/mol. The fourth-order valence-corrected chi connectivity index (χ4v) is 4.55. The van der Waals surface area contributed by atoms with E-state index in [2.05, 4.69) is 6.58 Å². The number of carbonyl (C=O) groups is 1. The van der Waals surface area contributed by atoms with Gasteiger partial charge in [0.25, 0.3) is 0 Å². The van der Waals surface area contributed by atoms with E-state index in [0.29, 0.717) is 22.0 Å². The van der Waals surface area contributed by atoms with Crippen molar-refractivity contribution in [2.75, 3.05) is 7.11 Å². The minimum absolute atomic E-state index is 0.369. The number of esters is 1. The fraction of sp³-hybridized carbons (Fsp3) is 0.150. The highest BCUT2D eigenvalue weighted by Crippen LogP contribution is 2.29. The molecule has 0 saturated heterocycles. The molecule has 2 aromatic carbocycles. The van der Waals surface area contributed by atoms with Gasteiger partial charge in [-0.25, -0.2) is 17.2 Å². The van der Waals surface area contributed by atoms with Gasteiger partial charge in [0, 0.05) is 11.6 Å². The fourth-order valence-electron chi connectivity index (χ4n) is 2.89. The SMILES string of the molecule is C=CC(c1ccc(C)cc1)S(=O)(=O)n1ccc2cc(C(=O)OC)ccc21. The number of benzene rings is 2. The second kappa shape index (κ2) is 6.80. The molecule has 0 aliphatic carbocycles. The Bertz CT molecular complexity index is 1080. The second-order valence-electron chi connectivity index (χ2n) is 5.99. The van der Waals surface area contributed by atoms with Crippen LogP contribution >= 0.6 is 0 Å². The molecular weight excluding hydrogens is 350 g/mol. The number of ether oxygens (including phenoxy) is 1. The van der Waals surface area contributed by atoms with Gasteiger partial charge in [0.2, 0.25) is 10.0 Å². The summed E-state index contributed by atoms with van der Waals surface area (Å²) in [4.78, 5) is 11.7. The van der Waals surface area contributed by atoms with Crippen molar-refractivity contribution in [2.24, 2.45) is 0 Å². The highest BCUT2D eigenvalue weighted by Gasteiger charge is 2.27. The Morgan fingerprint density at radius 1 is 1.15 bits per heavy atom. The van der Waals surface area contributed by atoms with Gasteiger partial charge in [0.1, 0.15) is 5.25 Å². The molecule has 1 atom stereocenters. The minimum Gasteiger partial charge on any atom is -0.465 e. The Morgan fingerprint density at radius 2 is 1.85 bits per heavy atom. The van der Waals surface area contributed by atoms with Gasteiger partial charge in [-0.15, -0.1) is 6.58 Å². The summed E-state index contributed by atoms with van der Waals surface area (Å²) in [6.45, 7) is 5.65. The standard InChI is InChI=1S/C20H19NO4S/c1-4-19(15-7-5-14(2)6-8-15)26(23,24)21-12-11-16-13-17(20(22)25-3)9-10-18(16)21/h4-13,19H,1H2,2-3H3. The van der Waals surface area contributed by atoms with E-state index in [1.54, 1.807) is 36.4 Å². The normalized spacial score (nSPS) is 12.7. The Balaban J connectivity index is 2.10. The Labute approximate surface area is 152 Å². The van der Waals surface area contributed by atoms with Crippen molar-refractivity contribution in [3.05, 3.63) is 84.1 Å². The largest absolute Gasteiger partial charge is 0.465 e. The molecule has 5 nitrogen and oxygen atoms in total. The summed E-state index contributed by atoms with van der Waals surface area (Å²) in [5.41, 5.74) is 2.57. The number of methoxy groups -OCH3 is 1. The van der Waals surface area contributed by atoms with Crippen LogP contribution in [0.5, 0.6) is 0 Å². The van der Waals surface area contributed by atoms with Crippen molar-refractivity contribution in [3.8, 4) is 0 Å². The maximum Gasteiger partial charge on any atom is 0.337 e. The summed E-state index contributed by atoms with van der Waals surface area (Å²) in [6, 6.07) is 13.8. The Morgan fingerprint density at radius 3 is 2.46 bits per heavy atom. The summed E-state index contributed by atoms with van der Waals surface area (Å²) in [5.74, 6) is -0.467. The predicted octanol–water partition coefficient (Wildman–Crippen LogP) is 3.84. The molecule has 0 amide bonds. The first-order valence-corrected chi connectivity index (χ1v) is 9.51. The highest BCUT2D eigenvalue weighted by molar-refractivity contribution is 7.90. The number of rotatable bonds is 5. The molecule has 1 heterocycles. The van der Waals surface area contributed by atoms with Gasteiger partial charge >= 0.3 is 5.97 Å². The lowest BCUT2D eigenvalue weighted by Crippen LogP contribution is -2.19. The molecule has 0 aliphatic rings. The molecule has 0 N–H and O–H groups in total. The predicted molar refractivity (Wildman–Crippen MR) is 102 cm³/mol. The number of nitrogens with zero attached hydrogens (tertiary/aromatic N) is 1. The first-order chi connectivity index (χ1) is 12.4. The third kappa shape index (κ3) is 3.04. The van der Waals surface area contributed by atoms with Crippen molar-refractivity contribution in [2.45, 2.75) is 12.2 Å². The van der Waals surface area contributed by atoms with Crippen LogP contribution in [0.25, 0.3) is 10.9 Å². The summed E-state index contributed by atoms with van der Waals surface area (Å²) < 4.78 is 32.3. The van der Waals surface area contributed by atoms with E-state index in [0.717, 1.165) is 5.56 Å². The third-order valence-corrected chi connectivity index (χ3v) is 6.26. The lowest BCUT2D eigenvalue weighted by Gasteiger charge is -2.16. The van der Waals surface area contributed by atoms with Crippen LogP contribution in [0.4, 0.5) is 0 Å². The Kier molecular flexibility index (Phi) is 4.70. The molecule has 0 radical (unpaired) electrons. The first-order valence-electron chi connectivity index (χ1n) is 8.01. The quantitative estimate of drug-likeness (QED) is 0.506. The molecule has 0 aliphatic heterocycles. The number of fused-ring (bicyclic) bond motifs is 1. The molecule has 0 saturated carbocycles. The van der Waals surface area contributed by atoms with Crippen LogP contribution in [0, 0.1) is 6.92 Å². The number of hydrogen-bond acceptors (Lipinski definition) is 4. The molecule has 3 aromatic rings. The van der Waals surface area contributed by atoms with Gasteiger partial charge in [-0.1, -0.05) is 35.9 Å². The average Bonchev–Trinajstić information content (AvgIpc) is 3.07. The van der Waals surface area contributed by atoms with Gasteiger partial charge in [-0.3, -0.25) is 0 Å². The van der Waals surface area contributed by atoms with Crippen molar-refractivity contribution >= 4 is 26.9 Å². The number of aromatic nitrogens is 1. The zero-order valence-electron chi connectivity index (χ0n) is 14.5. The molecule has 0 fully saturated rings. The van der Waals surface area contributed by atoms with Crippen LogP contribution in [-0.4, -0.2) is 25.5 Å². The lowest BCUT2D eigenvalue weighted by atomic mass is 10.1. The number of hydrogen-bond donors (Lipinski definition) is 0. The second-order valence-corrected chi connectivity index (χ2v) is 7.92. The zero-order chi connectivity index (χ0) is 18.9. The summed E-state index contributed by atoms with van der Waals surface area (Å²) in [7, 11) is -2.45. The van der Waals surface area contributed by atoms with Crippen LogP contribution in [0.3, 0.4) is 0 Å². The van der Waals surface area contributed by atoms with Gasteiger partial charge < -0.3 is 4.74 Å². The number of aryl methyl sites for hydroxylation is 1. The highest BCUT2D eigenvalue weighted by atomic mass is 32.2. The molecule has 0 spiro atoms. The molecule has 3 rings (SSSR count). The van der Waals surface area contributed by atoms with E-state index in [4.69, 9.17) is 4.74 Å². The molecule has 0 bridgehead atoms. The van der Waals surface area contributed by atoms with Crippen LogP contribution in [-0.2, 0) is 14.8 Å². The maximum absolute atomic E-state index is 13.2. The van der Waals surface area contributed by atoms with E-state index >= 15 is 0 Å². The van der Waals surface area contributed by atoms with Crippen LogP contribution in [0.1, 0.15) is 26.7 Å². The van der Waals surface area contributed by atoms with E-state index in [9.17, 15) is 13.2 Å². The van der Waals surface area contributed by atoms with E-state index in [1.165, 1.54) is 23.4 Å². The molecular formula is C20H19NO4S. The van der Waals surface area contributed by atoms with Gasteiger partial charge in [-0.2, -0.15) is 0 Å². The van der Waals surface area contributed by atoms with Crippen molar-refractivity contribution in [1.29, 1.82) is 0 Å². The van der Waals surface area contributed by atoms with Crippen molar-refractivity contribution in [3.63, 3.8) is 0 Å². The van der Waals surface area contributed by atoms with E-state index in [1.807, 2.05) is 19.1 Å². The molecule has 1 unspecified atom stereocenters. The number of carbonyl (C=O) groups excluding carboxylic acids is 1. The van der Waals surface area contributed by atoms with Crippen LogP contribution in [0.15, 0.2) is 67.4 Å². The van der Waals surface area contributed by atoms with E-state index in [-0.39, 0.29) is 0 Å². The Hall–Kier alpha value is -2.86. The molecule has 134 valence electrons. The molecule has 1 aromatic heterocycles. The van der Waals surface area contributed by atoms with E-state index < -0.39 is 21.2 Å². The van der Waals surface area contributed by atoms with Crippen LogP contribution < -0.4 is 0 Å². The summed E-state index contributed by atoms with van der Waals surface area (Å²) in [5, 5.41) is -0.234. The van der Waals surface area contributed by atoms with Crippen molar-refractivity contribution < 1.29 is 17.9 Å². The van der Waals surface area contributed by atoms with Crippen LogP contribution in [0.2, 0.25) is 0 Å². The maximum atomic E-state index is 13.2. The third-order valence-electron chi connectivity index (χ3n) is 4.29.